The average molecular weight is 313 g/mol. The van der Waals surface area contributed by atoms with E-state index >= 15 is 0 Å². The van der Waals surface area contributed by atoms with Crippen LogP contribution in [0.1, 0.15) is 16.1 Å². The van der Waals surface area contributed by atoms with Gasteiger partial charge < -0.3 is 5.32 Å². The molecule has 0 aliphatic rings. The van der Waals surface area contributed by atoms with Gasteiger partial charge in [0, 0.05) is 16.9 Å². The molecule has 3 rings (SSSR count). The molecular formula is C16H13ClN4O. The number of benzene rings is 1. The van der Waals surface area contributed by atoms with E-state index in [1.807, 2.05) is 25.1 Å². The molecule has 0 bridgehead atoms. The average Bonchev–Trinajstić information content (AvgIpc) is 2.92. The second-order valence-electron chi connectivity index (χ2n) is 4.70. The molecule has 22 heavy (non-hydrogen) atoms. The fourth-order valence-electron chi connectivity index (χ4n) is 2.07. The van der Waals surface area contributed by atoms with Crippen molar-refractivity contribution in [3.63, 3.8) is 0 Å². The SMILES string of the molecule is Cc1c(C(=O)Nc2ccc(Cl)cc2)cnn1-c1ccccn1. The van der Waals surface area contributed by atoms with Crippen molar-refractivity contribution in [2.45, 2.75) is 6.92 Å². The van der Waals surface area contributed by atoms with Crippen molar-refractivity contribution in [2.75, 3.05) is 5.32 Å². The molecule has 3 aromatic rings. The third kappa shape index (κ3) is 2.84. The standard InChI is InChI=1S/C16H13ClN4O/c1-11-14(10-19-21(11)15-4-2-3-9-18-15)16(22)20-13-7-5-12(17)6-8-13/h2-10H,1H3,(H,20,22). The zero-order valence-electron chi connectivity index (χ0n) is 11.8. The predicted molar refractivity (Wildman–Crippen MR) is 85.5 cm³/mol. The molecule has 110 valence electrons. The Morgan fingerprint density at radius 3 is 2.64 bits per heavy atom. The van der Waals surface area contributed by atoms with Gasteiger partial charge >= 0.3 is 0 Å². The van der Waals surface area contributed by atoms with Gasteiger partial charge in [-0.3, -0.25) is 4.79 Å². The van der Waals surface area contributed by atoms with E-state index in [-0.39, 0.29) is 5.91 Å². The lowest BCUT2D eigenvalue weighted by Crippen LogP contribution is -2.13. The third-order valence-corrected chi connectivity index (χ3v) is 3.47. The summed E-state index contributed by atoms with van der Waals surface area (Å²) in [4.78, 5) is 16.6. The summed E-state index contributed by atoms with van der Waals surface area (Å²) >= 11 is 5.83. The van der Waals surface area contributed by atoms with Crippen LogP contribution in [0.5, 0.6) is 0 Å². The second-order valence-corrected chi connectivity index (χ2v) is 5.14. The van der Waals surface area contributed by atoms with Crippen molar-refractivity contribution in [3.8, 4) is 5.82 Å². The van der Waals surface area contributed by atoms with Crippen LogP contribution in [0.4, 0.5) is 5.69 Å². The Hall–Kier alpha value is -2.66. The van der Waals surface area contributed by atoms with Crippen molar-refractivity contribution in [1.29, 1.82) is 0 Å². The van der Waals surface area contributed by atoms with Gasteiger partial charge in [0.05, 0.1) is 17.5 Å². The summed E-state index contributed by atoms with van der Waals surface area (Å²) in [6.07, 6.45) is 3.22. The summed E-state index contributed by atoms with van der Waals surface area (Å²) < 4.78 is 1.64. The monoisotopic (exact) mass is 312 g/mol. The first kappa shape index (κ1) is 14.3. The fraction of sp³-hybridized carbons (Fsp3) is 0.0625. The Morgan fingerprint density at radius 1 is 1.18 bits per heavy atom. The molecule has 0 atom stereocenters. The molecule has 2 heterocycles. The molecule has 0 saturated carbocycles. The number of amides is 1. The highest BCUT2D eigenvalue weighted by atomic mass is 35.5. The van der Waals surface area contributed by atoms with Crippen molar-refractivity contribution in [2.24, 2.45) is 0 Å². The zero-order chi connectivity index (χ0) is 15.5. The van der Waals surface area contributed by atoms with Gasteiger partial charge in [-0.05, 0) is 43.3 Å². The molecule has 2 aromatic heterocycles. The van der Waals surface area contributed by atoms with E-state index in [2.05, 4.69) is 15.4 Å². The van der Waals surface area contributed by atoms with Gasteiger partial charge in [-0.15, -0.1) is 0 Å². The maximum absolute atomic E-state index is 12.3. The number of hydrogen-bond donors (Lipinski definition) is 1. The van der Waals surface area contributed by atoms with Crippen LogP contribution in [0.25, 0.3) is 5.82 Å². The van der Waals surface area contributed by atoms with Crippen molar-refractivity contribution in [3.05, 3.63) is 71.1 Å². The van der Waals surface area contributed by atoms with Gasteiger partial charge in [0.1, 0.15) is 0 Å². The summed E-state index contributed by atoms with van der Waals surface area (Å²) in [6.45, 7) is 1.83. The highest BCUT2D eigenvalue weighted by Crippen LogP contribution is 2.17. The van der Waals surface area contributed by atoms with Crippen molar-refractivity contribution < 1.29 is 4.79 Å². The summed E-state index contributed by atoms with van der Waals surface area (Å²) in [5.74, 6) is 0.451. The Kier molecular flexibility index (Phi) is 3.89. The molecule has 0 aliphatic heterocycles. The molecule has 0 saturated heterocycles. The minimum atomic E-state index is -0.220. The number of rotatable bonds is 3. The zero-order valence-corrected chi connectivity index (χ0v) is 12.6. The Balaban J connectivity index is 1.85. The Labute approximate surface area is 132 Å². The van der Waals surface area contributed by atoms with Gasteiger partial charge in [0.15, 0.2) is 5.82 Å². The maximum Gasteiger partial charge on any atom is 0.259 e. The smallest absolute Gasteiger partial charge is 0.259 e. The van der Waals surface area contributed by atoms with Crippen LogP contribution < -0.4 is 5.32 Å². The minimum Gasteiger partial charge on any atom is -0.322 e. The fourth-order valence-corrected chi connectivity index (χ4v) is 2.20. The third-order valence-electron chi connectivity index (χ3n) is 3.22. The molecule has 6 heteroatoms. The van der Waals surface area contributed by atoms with Gasteiger partial charge in [0.25, 0.3) is 5.91 Å². The lowest BCUT2D eigenvalue weighted by atomic mass is 10.2. The number of aromatic nitrogens is 3. The van der Waals surface area contributed by atoms with Crippen LogP contribution in [0.2, 0.25) is 5.02 Å². The number of hydrogen-bond acceptors (Lipinski definition) is 3. The first-order valence-electron chi connectivity index (χ1n) is 6.68. The van der Waals surface area contributed by atoms with E-state index in [1.54, 1.807) is 35.1 Å². The van der Waals surface area contributed by atoms with Gasteiger partial charge in [-0.25, -0.2) is 9.67 Å². The number of nitrogens with one attached hydrogen (secondary N) is 1. The minimum absolute atomic E-state index is 0.220. The summed E-state index contributed by atoms with van der Waals surface area (Å²) in [7, 11) is 0. The second kappa shape index (κ2) is 5.99. The quantitative estimate of drug-likeness (QED) is 0.805. The molecule has 1 aromatic carbocycles. The number of carbonyl (C=O) groups is 1. The maximum atomic E-state index is 12.3. The molecule has 0 spiro atoms. The van der Waals surface area contributed by atoms with Gasteiger partial charge in [-0.2, -0.15) is 5.10 Å². The van der Waals surface area contributed by atoms with Gasteiger partial charge in [-0.1, -0.05) is 17.7 Å². The topological polar surface area (TPSA) is 59.8 Å². The molecule has 0 unspecified atom stereocenters. The molecule has 0 fully saturated rings. The lowest BCUT2D eigenvalue weighted by Gasteiger charge is -2.06. The van der Waals surface area contributed by atoms with Crippen molar-refractivity contribution in [1.82, 2.24) is 14.8 Å². The van der Waals surface area contributed by atoms with Crippen LogP contribution in [-0.2, 0) is 0 Å². The number of pyridine rings is 1. The van der Waals surface area contributed by atoms with Crippen LogP contribution in [0.15, 0.2) is 54.9 Å². The number of carbonyl (C=O) groups excluding carboxylic acids is 1. The van der Waals surface area contributed by atoms with E-state index in [1.165, 1.54) is 6.20 Å². The van der Waals surface area contributed by atoms with Crippen LogP contribution in [-0.4, -0.2) is 20.7 Å². The molecule has 0 aliphatic carbocycles. The molecular weight excluding hydrogens is 300 g/mol. The van der Waals surface area contributed by atoms with Crippen LogP contribution in [0.3, 0.4) is 0 Å². The highest BCUT2D eigenvalue weighted by Gasteiger charge is 2.15. The molecule has 0 radical (unpaired) electrons. The number of nitrogens with zero attached hydrogens (tertiary/aromatic N) is 3. The van der Waals surface area contributed by atoms with E-state index in [0.29, 0.717) is 22.1 Å². The van der Waals surface area contributed by atoms with Crippen LogP contribution in [0, 0.1) is 6.92 Å². The molecule has 5 nitrogen and oxygen atoms in total. The van der Waals surface area contributed by atoms with Crippen LogP contribution >= 0.6 is 11.6 Å². The Bertz CT molecular complexity index is 797. The molecule has 1 amide bonds. The summed E-state index contributed by atoms with van der Waals surface area (Å²) in [6, 6.07) is 12.5. The Morgan fingerprint density at radius 2 is 1.95 bits per heavy atom. The molecule has 1 N–H and O–H groups in total. The normalized spacial score (nSPS) is 10.5. The van der Waals surface area contributed by atoms with E-state index < -0.39 is 0 Å². The van der Waals surface area contributed by atoms with Crippen molar-refractivity contribution >= 4 is 23.2 Å². The summed E-state index contributed by atoms with van der Waals surface area (Å²) in [5, 5.41) is 7.68. The first-order chi connectivity index (χ1) is 10.6. The van der Waals surface area contributed by atoms with E-state index in [0.717, 1.165) is 5.69 Å². The number of halogens is 1. The van der Waals surface area contributed by atoms with E-state index in [4.69, 9.17) is 11.6 Å². The summed E-state index contributed by atoms with van der Waals surface area (Å²) in [5.41, 5.74) is 1.91. The first-order valence-corrected chi connectivity index (χ1v) is 7.06. The van der Waals surface area contributed by atoms with E-state index in [9.17, 15) is 4.79 Å². The largest absolute Gasteiger partial charge is 0.322 e. The number of anilines is 1. The highest BCUT2D eigenvalue weighted by molar-refractivity contribution is 6.30. The van der Waals surface area contributed by atoms with Gasteiger partial charge in [0.2, 0.25) is 0 Å². The predicted octanol–water partition coefficient (Wildman–Crippen LogP) is 3.48. The lowest BCUT2D eigenvalue weighted by molar-refractivity contribution is 0.102.